The second-order valence-corrected chi connectivity index (χ2v) is 3.83. The van der Waals surface area contributed by atoms with Gasteiger partial charge in [-0.05, 0) is 0 Å². The minimum Gasteiger partial charge on any atom is -0.464 e. The van der Waals surface area contributed by atoms with Crippen LogP contribution in [0, 0.1) is 0 Å². The second-order valence-electron chi connectivity index (χ2n) is 2.32. The van der Waals surface area contributed by atoms with Crippen LogP contribution in [0.1, 0.15) is 5.82 Å². The molecule has 0 aromatic carbocycles. The summed E-state index contributed by atoms with van der Waals surface area (Å²) in [5.74, 6) is -0.371. The normalized spacial score (nSPS) is 11.7. The molecule has 6 nitrogen and oxygen atoms in total. The maximum absolute atomic E-state index is 11.3. The van der Waals surface area contributed by atoms with Crippen LogP contribution >= 0.6 is 19.7 Å². The Kier molecular flexibility index (Phi) is 4.33. The summed E-state index contributed by atoms with van der Waals surface area (Å²) < 4.78 is 8.45. The van der Waals surface area contributed by atoms with Gasteiger partial charge in [0.05, 0.1) is 13.4 Å². The Morgan fingerprint density at radius 3 is 3.00 bits per heavy atom. The number of aliphatic imine (C=N–C) groups is 1. The van der Waals surface area contributed by atoms with Gasteiger partial charge >= 0.3 is 5.97 Å². The minimum absolute atomic E-state index is 0.0848. The zero-order chi connectivity index (χ0) is 11.3. The molecule has 0 spiro atoms. The summed E-state index contributed by atoms with van der Waals surface area (Å²) in [7, 11) is 2.07. The number of hydrogen-bond donors (Lipinski definition) is 1. The van der Waals surface area contributed by atoms with Gasteiger partial charge in [0, 0.05) is 11.5 Å². The first-order chi connectivity index (χ1) is 7.19. The van der Waals surface area contributed by atoms with Gasteiger partial charge < -0.3 is 10.5 Å². The van der Waals surface area contributed by atoms with E-state index in [4.69, 9.17) is 5.73 Å². The summed E-state index contributed by atoms with van der Waals surface area (Å²) >= 11 is 1.00. The Hall–Kier alpha value is -1.33. The lowest BCUT2D eigenvalue weighted by Crippen LogP contribution is -2.19. The van der Waals surface area contributed by atoms with Gasteiger partial charge in [0.25, 0.3) is 0 Å². The summed E-state index contributed by atoms with van der Waals surface area (Å²) in [6.07, 6.45) is 3.98. The summed E-state index contributed by atoms with van der Waals surface area (Å²) in [6, 6.07) is 0. The average molecular weight is 244 g/mol. The van der Waals surface area contributed by atoms with Gasteiger partial charge in [-0.25, -0.2) is 4.79 Å². The molecule has 2 N–H and O–H groups in total. The van der Waals surface area contributed by atoms with E-state index in [0.717, 1.165) is 19.7 Å². The van der Waals surface area contributed by atoms with E-state index in [1.807, 2.05) is 0 Å². The highest BCUT2D eigenvalue weighted by Crippen LogP contribution is 2.08. The van der Waals surface area contributed by atoms with Crippen molar-refractivity contribution in [3.63, 3.8) is 0 Å². The lowest BCUT2D eigenvalue weighted by molar-refractivity contribution is -0.132. The molecule has 15 heavy (non-hydrogen) atoms. The summed E-state index contributed by atoms with van der Waals surface area (Å²) in [4.78, 5) is 19.2. The Morgan fingerprint density at radius 1 is 1.80 bits per heavy atom. The number of rotatable bonds is 4. The van der Waals surface area contributed by atoms with Crippen molar-refractivity contribution in [1.82, 2.24) is 9.36 Å². The molecule has 0 amide bonds. The van der Waals surface area contributed by atoms with E-state index in [9.17, 15) is 4.79 Å². The predicted molar refractivity (Wildman–Crippen MR) is 61.8 cm³/mol. The number of nitrogens with two attached hydrogens (primary N) is 1. The number of anilines is 1. The second kappa shape index (κ2) is 5.53. The van der Waals surface area contributed by atoms with Crippen LogP contribution in [-0.2, 0) is 9.53 Å². The molecule has 0 atom stereocenters. The van der Waals surface area contributed by atoms with Crippen molar-refractivity contribution >= 4 is 42.8 Å². The van der Waals surface area contributed by atoms with Crippen molar-refractivity contribution in [3.8, 4) is 0 Å². The number of nitrogens with zero attached hydrogens (tertiary/aromatic N) is 3. The SMILES string of the molecule is C=PCN=C(C(=O)OC)c1nsc(N)n1. The first kappa shape index (κ1) is 11.7. The monoisotopic (exact) mass is 244 g/mol. The molecular weight excluding hydrogens is 235 g/mol. The van der Waals surface area contributed by atoms with Crippen molar-refractivity contribution in [2.75, 3.05) is 19.1 Å². The maximum Gasteiger partial charge on any atom is 0.360 e. The molecule has 0 radical (unpaired) electrons. The van der Waals surface area contributed by atoms with Crippen LogP contribution in [0.15, 0.2) is 4.99 Å². The van der Waals surface area contributed by atoms with Crippen LogP contribution in [0.5, 0.6) is 0 Å². The van der Waals surface area contributed by atoms with Crippen molar-refractivity contribution in [1.29, 1.82) is 0 Å². The fourth-order valence-electron chi connectivity index (χ4n) is 0.775. The molecule has 1 heterocycles. The predicted octanol–water partition coefficient (Wildman–Crippen LogP) is 0.418. The number of carbonyl (C=O) groups excluding carboxylic acids is 1. The minimum atomic E-state index is -0.573. The highest BCUT2D eigenvalue weighted by molar-refractivity contribution is 7.36. The number of methoxy groups -OCH3 is 1. The van der Waals surface area contributed by atoms with Crippen LogP contribution in [0.25, 0.3) is 0 Å². The third-order valence-electron chi connectivity index (χ3n) is 1.36. The smallest absolute Gasteiger partial charge is 0.360 e. The van der Waals surface area contributed by atoms with Gasteiger partial charge in [-0.3, -0.25) is 4.99 Å². The van der Waals surface area contributed by atoms with Crippen molar-refractivity contribution < 1.29 is 9.53 Å². The fraction of sp³-hybridized carbons (Fsp3) is 0.286. The highest BCUT2D eigenvalue weighted by atomic mass is 32.1. The van der Waals surface area contributed by atoms with Crippen LogP contribution in [0.4, 0.5) is 5.13 Å². The zero-order valence-corrected chi connectivity index (χ0v) is 9.72. The van der Waals surface area contributed by atoms with Crippen LogP contribution < -0.4 is 5.73 Å². The summed E-state index contributed by atoms with van der Waals surface area (Å²) in [5, 5.41) is 0.286. The number of esters is 1. The van der Waals surface area contributed by atoms with E-state index < -0.39 is 5.97 Å². The van der Waals surface area contributed by atoms with Gasteiger partial charge in [-0.15, -0.1) is 0 Å². The van der Waals surface area contributed by atoms with Crippen LogP contribution in [-0.4, -0.2) is 40.7 Å². The molecule has 0 aliphatic carbocycles. The van der Waals surface area contributed by atoms with E-state index in [1.165, 1.54) is 7.11 Å². The average Bonchev–Trinajstić information content (AvgIpc) is 2.65. The van der Waals surface area contributed by atoms with Crippen LogP contribution in [0.2, 0.25) is 0 Å². The van der Waals surface area contributed by atoms with Crippen molar-refractivity contribution in [2.24, 2.45) is 4.99 Å². The van der Waals surface area contributed by atoms with Crippen molar-refractivity contribution in [2.45, 2.75) is 0 Å². The molecule has 1 aromatic rings. The number of carbonyl (C=O) groups is 1. The topological polar surface area (TPSA) is 90.5 Å². The standard InChI is InChI=1S/C7H9N4O2PS/c1-13-6(12)4(9-3-14-2)5-10-7(8)15-11-5/h2-3H2,1H3,(H2,8,10,11). The molecule has 1 aromatic heterocycles. The van der Waals surface area contributed by atoms with Gasteiger partial charge in [-0.2, -0.15) is 9.36 Å². The summed E-state index contributed by atoms with van der Waals surface area (Å²) in [6.45, 7) is 0. The number of nitrogen functional groups attached to an aromatic ring is 1. The molecule has 80 valence electrons. The van der Waals surface area contributed by atoms with Gasteiger partial charge in [0.2, 0.25) is 5.82 Å². The van der Waals surface area contributed by atoms with Crippen LogP contribution in [0.3, 0.4) is 0 Å². The molecular formula is C7H9N4O2PS. The molecule has 0 aliphatic rings. The van der Waals surface area contributed by atoms with Gasteiger partial charge in [-0.1, -0.05) is 14.5 Å². The fourth-order valence-corrected chi connectivity index (χ4v) is 1.45. The zero-order valence-electron chi connectivity index (χ0n) is 8.01. The van der Waals surface area contributed by atoms with Gasteiger partial charge in [0.1, 0.15) is 0 Å². The largest absolute Gasteiger partial charge is 0.464 e. The first-order valence-corrected chi connectivity index (χ1v) is 5.87. The molecule has 0 fully saturated rings. The van der Waals surface area contributed by atoms with E-state index >= 15 is 0 Å². The molecule has 0 unspecified atom stereocenters. The molecule has 0 saturated heterocycles. The maximum atomic E-state index is 11.3. The lowest BCUT2D eigenvalue weighted by Gasteiger charge is -1.98. The van der Waals surface area contributed by atoms with E-state index in [0.29, 0.717) is 6.29 Å². The third kappa shape index (κ3) is 3.07. The number of hydrogen-bond acceptors (Lipinski definition) is 7. The van der Waals surface area contributed by atoms with E-state index in [2.05, 4.69) is 25.4 Å². The third-order valence-corrected chi connectivity index (χ3v) is 2.25. The summed E-state index contributed by atoms with van der Waals surface area (Å²) in [5.41, 5.74) is 5.50. The Labute approximate surface area is 92.2 Å². The molecule has 0 saturated carbocycles. The lowest BCUT2D eigenvalue weighted by atomic mass is 10.3. The number of ether oxygens (including phenoxy) is 1. The molecule has 0 aliphatic heterocycles. The molecule has 8 heteroatoms. The van der Waals surface area contributed by atoms with Gasteiger partial charge in [0.15, 0.2) is 10.8 Å². The molecule has 1 rings (SSSR count). The first-order valence-electron chi connectivity index (χ1n) is 3.83. The Bertz CT molecular complexity index is 403. The van der Waals surface area contributed by atoms with E-state index in [1.54, 1.807) is 0 Å². The van der Waals surface area contributed by atoms with Crippen molar-refractivity contribution in [3.05, 3.63) is 5.82 Å². The quantitative estimate of drug-likeness (QED) is 0.471. The Morgan fingerprint density at radius 2 is 2.53 bits per heavy atom. The molecule has 0 bridgehead atoms. The highest BCUT2D eigenvalue weighted by Gasteiger charge is 2.18. The number of aromatic nitrogens is 2. The van der Waals surface area contributed by atoms with E-state index in [-0.39, 0.29) is 16.7 Å². The Balaban J connectivity index is 3.00.